The first-order chi connectivity index (χ1) is 12.8. The Morgan fingerprint density at radius 1 is 0.615 bits per heavy atom. The number of rotatable bonds is 2. The Morgan fingerprint density at radius 3 is 1.54 bits per heavy atom. The zero-order valence-electron chi connectivity index (χ0n) is 14.6. The molecule has 0 saturated carbocycles. The molecular formula is C24H18N2. The van der Waals surface area contributed by atoms with E-state index in [9.17, 15) is 0 Å². The molecule has 4 aromatic rings. The van der Waals surface area contributed by atoms with Gasteiger partial charge in [0.05, 0.1) is 0 Å². The largest absolute Gasteiger partial charge is 0.264 e. The van der Waals surface area contributed by atoms with E-state index in [1.54, 1.807) is 0 Å². The van der Waals surface area contributed by atoms with E-state index in [-0.39, 0.29) is 0 Å². The molecule has 2 nitrogen and oxygen atoms in total. The Kier molecular flexibility index (Phi) is 3.42. The summed E-state index contributed by atoms with van der Waals surface area (Å²) in [6.07, 6.45) is 7.48. The molecule has 2 aromatic heterocycles. The molecule has 0 spiro atoms. The van der Waals surface area contributed by atoms with Crippen LogP contribution in [0.4, 0.5) is 0 Å². The third-order valence-electron chi connectivity index (χ3n) is 5.32. The molecular weight excluding hydrogens is 316 g/mol. The van der Waals surface area contributed by atoms with Crippen molar-refractivity contribution >= 4 is 0 Å². The van der Waals surface area contributed by atoms with Crippen molar-refractivity contribution in [1.82, 2.24) is 9.97 Å². The molecule has 2 heteroatoms. The van der Waals surface area contributed by atoms with Gasteiger partial charge in [-0.15, -0.1) is 0 Å². The highest BCUT2D eigenvalue weighted by Crippen LogP contribution is 2.46. The van der Waals surface area contributed by atoms with Gasteiger partial charge in [-0.2, -0.15) is 0 Å². The van der Waals surface area contributed by atoms with Gasteiger partial charge < -0.3 is 0 Å². The lowest BCUT2D eigenvalue weighted by Gasteiger charge is -2.09. The normalized spacial score (nSPS) is 12.7. The van der Waals surface area contributed by atoms with E-state index >= 15 is 0 Å². The highest BCUT2D eigenvalue weighted by molar-refractivity contribution is 5.84. The van der Waals surface area contributed by atoms with Crippen molar-refractivity contribution in [2.45, 2.75) is 12.8 Å². The van der Waals surface area contributed by atoms with Crippen molar-refractivity contribution < 1.29 is 0 Å². The Balaban J connectivity index is 1.60. The summed E-state index contributed by atoms with van der Waals surface area (Å²) in [5.74, 6) is 0.383. The minimum absolute atomic E-state index is 0.383. The van der Waals surface area contributed by atoms with Crippen LogP contribution in [0.5, 0.6) is 0 Å². The number of aromatic nitrogens is 2. The second-order valence-electron chi connectivity index (χ2n) is 6.81. The SMILES string of the molecule is CC1c2cc(-c3cccnc3)ccc2-c2ccc(-c3cccnc3)cc21. The highest BCUT2D eigenvalue weighted by atomic mass is 14.6. The van der Waals surface area contributed by atoms with Crippen LogP contribution < -0.4 is 0 Å². The van der Waals surface area contributed by atoms with E-state index in [2.05, 4.69) is 65.4 Å². The van der Waals surface area contributed by atoms with Crippen LogP contribution in [-0.4, -0.2) is 9.97 Å². The van der Waals surface area contributed by atoms with E-state index in [4.69, 9.17) is 0 Å². The minimum atomic E-state index is 0.383. The third kappa shape index (κ3) is 2.34. The van der Waals surface area contributed by atoms with Crippen LogP contribution in [-0.2, 0) is 0 Å². The van der Waals surface area contributed by atoms with Crippen molar-refractivity contribution in [2.24, 2.45) is 0 Å². The number of nitrogens with zero attached hydrogens (tertiary/aromatic N) is 2. The lowest BCUT2D eigenvalue weighted by Crippen LogP contribution is -1.91. The van der Waals surface area contributed by atoms with Gasteiger partial charge in [0.2, 0.25) is 0 Å². The van der Waals surface area contributed by atoms with Gasteiger partial charge in [-0.25, -0.2) is 0 Å². The van der Waals surface area contributed by atoms with Crippen molar-refractivity contribution in [3.63, 3.8) is 0 Å². The zero-order chi connectivity index (χ0) is 17.5. The van der Waals surface area contributed by atoms with E-state index in [1.807, 2.05) is 36.9 Å². The van der Waals surface area contributed by atoms with Gasteiger partial charge in [0.25, 0.3) is 0 Å². The number of hydrogen-bond donors (Lipinski definition) is 0. The number of benzene rings is 2. The predicted octanol–water partition coefficient (Wildman–Crippen LogP) is 5.94. The molecule has 2 aromatic carbocycles. The first-order valence-corrected chi connectivity index (χ1v) is 8.90. The lowest BCUT2D eigenvalue weighted by atomic mass is 9.95. The molecule has 0 amide bonds. The van der Waals surface area contributed by atoms with Gasteiger partial charge in [0, 0.05) is 30.7 Å². The first-order valence-electron chi connectivity index (χ1n) is 8.90. The summed E-state index contributed by atoms with van der Waals surface area (Å²) in [5, 5.41) is 0. The quantitative estimate of drug-likeness (QED) is 0.453. The average molecular weight is 334 g/mol. The van der Waals surface area contributed by atoms with Crippen LogP contribution in [0, 0.1) is 0 Å². The van der Waals surface area contributed by atoms with E-state index in [0.29, 0.717) is 5.92 Å². The molecule has 0 saturated heterocycles. The summed E-state index contributed by atoms with van der Waals surface area (Å²) in [6.45, 7) is 2.30. The van der Waals surface area contributed by atoms with E-state index < -0.39 is 0 Å². The highest BCUT2D eigenvalue weighted by Gasteiger charge is 2.26. The maximum atomic E-state index is 4.25. The molecule has 0 atom stereocenters. The second kappa shape index (κ2) is 5.92. The molecule has 0 fully saturated rings. The molecule has 0 N–H and O–H groups in total. The second-order valence-corrected chi connectivity index (χ2v) is 6.81. The first kappa shape index (κ1) is 15.0. The van der Waals surface area contributed by atoms with Gasteiger partial charge >= 0.3 is 0 Å². The van der Waals surface area contributed by atoms with Crippen molar-refractivity contribution in [3.8, 4) is 33.4 Å². The van der Waals surface area contributed by atoms with Crippen LogP contribution in [0.1, 0.15) is 24.0 Å². The fraction of sp³-hybridized carbons (Fsp3) is 0.0833. The van der Waals surface area contributed by atoms with E-state index in [0.717, 1.165) is 11.1 Å². The van der Waals surface area contributed by atoms with E-state index in [1.165, 1.54) is 33.4 Å². The molecule has 1 aliphatic carbocycles. The van der Waals surface area contributed by atoms with Crippen LogP contribution in [0.25, 0.3) is 33.4 Å². The van der Waals surface area contributed by atoms with Gasteiger partial charge in [0.1, 0.15) is 0 Å². The lowest BCUT2D eigenvalue weighted by molar-refractivity contribution is 0.957. The molecule has 0 radical (unpaired) electrons. The molecule has 2 heterocycles. The summed E-state index contributed by atoms with van der Waals surface area (Å²) >= 11 is 0. The van der Waals surface area contributed by atoms with Gasteiger partial charge in [0.15, 0.2) is 0 Å². The van der Waals surface area contributed by atoms with Crippen LogP contribution >= 0.6 is 0 Å². The molecule has 0 unspecified atom stereocenters. The molecule has 5 rings (SSSR count). The third-order valence-corrected chi connectivity index (χ3v) is 5.32. The fourth-order valence-electron chi connectivity index (χ4n) is 3.93. The van der Waals surface area contributed by atoms with Gasteiger partial charge in [-0.05, 0) is 68.8 Å². The molecule has 0 aliphatic heterocycles. The fourth-order valence-corrected chi connectivity index (χ4v) is 3.93. The summed E-state index contributed by atoms with van der Waals surface area (Å²) in [5.41, 5.74) is 10.3. The Bertz CT molecular complexity index is 997. The average Bonchev–Trinajstić information content (AvgIpc) is 3.01. The smallest absolute Gasteiger partial charge is 0.0346 e. The summed E-state index contributed by atoms with van der Waals surface area (Å²) < 4.78 is 0. The number of fused-ring (bicyclic) bond motifs is 3. The number of hydrogen-bond acceptors (Lipinski definition) is 2. The summed E-state index contributed by atoms with van der Waals surface area (Å²) in [6, 6.07) is 21.8. The standard InChI is InChI=1S/C24H18N2/c1-16-23-12-17(19-4-2-10-25-14-19)6-8-21(23)22-9-7-18(13-24(16)22)20-5-3-11-26-15-20/h2-16H,1H3. The van der Waals surface area contributed by atoms with Gasteiger partial charge in [-0.3, -0.25) is 9.97 Å². The monoisotopic (exact) mass is 334 g/mol. The minimum Gasteiger partial charge on any atom is -0.264 e. The van der Waals surface area contributed by atoms with Crippen molar-refractivity contribution in [2.75, 3.05) is 0 Å². The van der Waals surface area contributed by atoms with Crippen molar-refractivity contribution in [3.05, 3.63) is 96.6 Å². The maximum Gasteiger partial charge on any atom is 0.0346 e. The Morgan fingerprint density at radius 2 is 1.12 bits per heavy atom. The Hall–Kier alpha value is -3.26. The zero-order valence-corrected chi connectivity index (χ0v) is 14.6. The van der Waals surface area contributed by atoms with Gasteiger partial charge in [-0.1, -0.05) is 43.3 Å². The van der Waals surface area contributed by atoms with Crippen LogP contribution in [0.2, 0.25) is 0 Å². The van der Waals surface area contributed by atoms with Crippen LogP contribution in [0.15, 0.2) is 85.5 Å². The molecule has 1 aliphatic rings. The van der Waals surface area contributed by atoms with Crippen LogP contribution in [0.3, 0.4) is 0 Å². The van der Waals surface area contributed by atoms with Crippen molar-refractivity contribution in [1.29, 1.82) is 0 Å². The Labute approximate surface area is 153 Å². The number of pyridine rings is 2. The molecule has 0 bridgehead atoms. The predicted molar refractivity (Wildman–Crippen MR) is 106 cm³/mol. The molecule has 124 valence electrons. The summed E-state index contributed by atoms with van der Waals surface area (Å²) in [7, 11) is 0. The molecule has 26 heavy (non-hydrogen) atoms. The topological polar surface area (TPSA) is 25.8 Å². The maximum absolute atomic E-state index is 4.25. The summed E-state index contributed by atoms with van der Waals surface area (Å²) in [4.78, 5) is 8.50.